The minimum atomic E-state index is -0.779. The third kappa shape index (κ3) is 9.72. The third-order valence-electron chi connectivity index (χ3n) is 2.03. The van der Waals surface area contributed by atoms with E-state index in [0.29, 0.717) is 5.75 Å². The molecule has 2 amide bonds. The maximum atomic E-state index is 11.3. The number of unbranched alkanes of at least 4 members (excludes halogenated alkanes) is 1. The first-order valence-electron chi connectivity index (χ1n) is 5.40. The molecule has 15 heavy (non-hydrogen) atoms. The molecule has 0 aromatic heterocycles. The summed E-state index contributed by atoms with van der Waals surface area (Å²) in [5, 5.41) is 5.59. The van der Waals surface area contributed by atoms with Crippen LogP contribution in [0.3, 0.4) is 0 Å². The van der Waals surface area contributed by atoms with E-state index < -0.39 is 10.8 Å². The van der Waals surface area contributed by atoms with Crippen molar-refractivity contribution in [2.75, 3.05) is 18.6 Å². The lowest BCUT2D eigenvalue weighted by Crippen LogP contribution is -2.41. The minimum Gasteiger partial charge on any atom is -0.338 e. The van der Waals surface area contributed by atoms with Crippen LogP contribution in [0.1, 0.15) is 33.1 Å². The van der Waals surface area contributed by atoms with E-state index in [0.717, 1.165) is 25.8 Å². The van der Waals surface area contributed by atoms with Gasteiger partial charge in [0, 0.05) is 35.4 Å². The zero-order chi connectivity index (χ0) is 11.7. The maximum Gasteiger partial charge on any atom is 0.314 e. The average Bonchev–Trinajstić information content (AvgIpc) is 2.15. The summed E-state index contributed by atoms with van der Waals surface area (Å²) in [5.74, 6) is 0.635. The van der Waals surface area contributed by atoms with Crippen molar-refractivity contribution >= 4 is 16.8 Å². The van der Waals surface area contributed by atoms with Gasteiger partial charge in [0.2, 0.25) is 0 Å². The Kier molecular flexibility index (Phi) is 8.37. The SMILES string of the molecule is CCCCNC(=O)NC(C)CCS(C)=O. The van der Waals surface area contributed by atoms with Crippen LogP contribution in [0, 0.1) is 0 Å². The smallest absolute Gasteiger partial charge is 0.314 e. The fourth-order valence-corrected chi connectivity index (χ4v) is 1.75. The summed E-state index contributed by atoms with van der Waals surface area (Å²) >= 11 is 0. The molecule has 0 rings (SSSR count). The van der Waals surface area contributed by atoms with Gasteiger partial charge in [-0.3, -0.25) is 4.21 Å². The van der Waals surface area contributed by atoms with Gasteiger partial charge in [-0.05, 0) is 19.8 Å². The van der Waals surface area contributed by atoms with Crippen molar-refractivity contribution < 1.29 is 9.00 Å². The fourth-order valence-electron chi connectivity index (χ4n) is 1.07. The minimum absolute atomic E-state index is 0.0792. The van der Waals surface area contributed by atoms with Crippen molar-refractivity contribution in [3.63, 3.8) is 0 Å². The van der Waals surface area contributed by atoms with Crippen molar-refractivity contribution in [1.82, 2.24) is 10.6 Å². The average molecular weight is 234 g/mol. The van der Waals surface area contributed by atoms with Crippen LogP contribution < -0.4 is 10.6 Å². The molecule has 0 aliphatic rings. The molecule has 0 radical (unpaired) electrons. The Labute approximate surface area is 94.7 Å². The Balaban J connectivity index is 3.53. The largest absolute Gasteiger partial charge is 0.338 e. The van der Waals surface area contributed by atoms with Gasteiger partial charge in [-0.25, -0.2) is 4.79 Å². The number of hydrogen-bond acceptors (Lipinski definition) is 2. The van der Waals surface area contributed by atoms with Gasteiger partial charge in [-0.1, -0.05) is 13.3 Å². The van der Waals surface area contributed by atoms with E-state index in [4.69, 9.17) is 0 Å². The maximum absolute atomic E-state index is 11.3. The molecule has 0 heterocycles. The lowest BCUT2D eigenvalue weighted by molar-refractivity contribution is 0.237. The first kappa shape index (κ1) is 14.4. The first-order chi connectivity index (χ1) is 7.06. The van der Waals surface area contributed by atoms with Crippen molar-refractivity contribution in [2.24, 2.45) is 0 Å². The van der Waals surface area contributed by atoms with Crippen LogP contribution in [-0.4, -0.2) is 34.8 Å². The molecular weight excluding hydrogens is 212 g/mol. The summed E-state index contributed by atoms with van der Waals surface area (Å²) in [6.07, 6.45) is 4.50. The van der Waals surface area contributed by atoms with Gasteiger partial charge in [0.1, 0.15) is 0 Å². The summed E-state index contributed by atoms with van der Waals surface area (Å²) < 4.78 is 10.8. The van der Waals surface area contributed by atoms with Gasteiger partial charge >= 0.3 is 6.03 Å². The Morgan fingerprint density at radius 3 is 2.67 bits per heavy atom. The third-order valence-corrected chi connectivity index (χ3v) is 2.84. The molecule has 0 saturated heterocycles. The topological polar surface area (TPSA) is 58.2 Å². The lowest BCUT2D eigenvalue weighted by Gasteiger charge is -2.13. The second-order valence-corrected chi connectivity index (χ2v) is 5.28. The molecular formula is C10H22N2O2S. The van der Waals surface area contributed by atoms with Crippen LogP contribution in [0.25, 0.3) is 0 Å². The van der Waals surface area contributed by atoms with Gasteiger partial charge in [-0.15, -0.1) is 0 Å². The normalized spacial score (nSPS) is 14.3. The molecule has 0 aliphatic heterocycles. The Morgan fingerprint density at radius 2 is 2.13 bits per heavy atom. The molecule has 0 spiro atoms. The summed E-state index contributed by atoms with van der Waals surface area (Å²) in [6.45, 7) is 4.72. The van der Waals surface area contributed by atoms with Crippen LogP contribution in [0.4, 0.5) is 4.79 Å². The molecule has 0 saturated carbocycles. The number of rotatable bonds is 7. The van der Waals surface area contributed by atoms with Crippen molar-refractivity contribution in [3.05, 3.63) is 0 Å². The van der Waals surface area contributed by atoms with Gasteiger partial charge in [0.15, 0.2) is 0 Å². The highest BCUT2D eigenvalue weighted by atomic mass is 32.2. The first-order valence-corrected chi connectivity index (χ1v) is 7.13. The molecule has 4 nitrogen and oxygen atoms in total. The summed E-state index contributed by atoms with van der Waals surface area (Å²) in [5.41, 5.74) is 0. The van der Waals surface area contributed by atoms with Crippen molar-refractivity contribution in [3.8, 4) is 0 Å². The summed E-state index contributed by atoms with van der Waals surface area (Å²) in [6, 6.07) is -0.0478. The Bertz CT molecular complexity index is 210. The van der Waals surface area contributed by atoms with E-state index in [-0.39, 0.29) is 12.1 Å². The lowest BCUT2D eigenvalue weighted by atomic mass is 10.3. The van der Waals surface area contributed by atoms with E-state index in [1.165, 1.54) is 0 Å². The van der Waals surface area contributed by atoms with E-state index in [1.807, 2.05) is 6.92 Å². The van der Waals surface area contributed by atoms with Crippen LogP contribution in [0.15, 0.2) is 0 Å². The van der Waals surface area contributed by atoms with Gasteiger partial charge in [0.05, 0.1) is 0 Å². The molecule has 90 valence electrons. The van der Waals surface area contributed by atoms with E-state index >= 15 is 0 Å². The highest BCUT2D eigenvalue weighted by Gasteiger charge is 2.06. The molecule has 0 bridgehead atoms. The second-order valence-electron chi connectivity index (χ2n) is 3.72. The molecule has 5 heteroatoms. The molecule has 2 N–H and O–H groups in total. The van der Waals surface area contributed by atoms with Crippen molar-refractivity contribution in [1.29, 1.82) is 0 Å². The van der Waals surface area contributed by atoms with Gasteiger partial charge in [0.25, 0.3) is 0 Å². The highest BCUT2D eigenvalue weighted by Crippen LogP contribution is 1.92. The van der Waals surface area contributed by atoms with Gasteiger partial charge in [-0.2, -0.15) is 0 Å². The van der Waals surface area contributed by atoms with Gasteiger partial charge < -0.3 is 10.6 Å². The number of nitrogens with one attached hydrogen (secondary N) is 2. The predicted molar refractivity (Wildman–Crippen MR) is 64.5 cm³/mol. The molecule has 0 aromatic rings. The quantitative estimate of drug-likeness (QED) is 0.651. The fraction of sp³-hybridized carbons (Fsp3) is 0.900. The number of hydrogen-bond donors (Lipinski definition) is 2. The Morgan fingerprint density at radius 1 is 1.47 bits per heavy atom. The predicted octanol–water partition coefficient (Wildman–Crippen LogP) is 1.24. The standard InChI is InChI=1S/C10H22N2O2S/c1-4-5-7-11-10(13)12-9(2)6-8-15(3)14/h9H,4-8H2,1-3H3,(H2,11,12,13). The molecule has 0 aliphatic carbocycles. The van der Waals surface area contributed by atoms with E-state index in [9.17, 15) is 9.00 Å². The number of amides is 2. The zero-order valence-corrected chi connectivity index (χ0v) is 10.7. The van der Waals surface area contributed by atoms with Crippen LogP contribution in [-0.2, 0) is 10.8 Å². The second kappa shape index (κ2) is 8.71. The highest BCUT2D eigenvalue weighted by molar-refractivity contribution is 7.84. The number of carbonyl (C=O) groups is 1. The molecule has 2 unspecified atom stereocenters. The molecule has 2 atom stereocenters. The Hall–Kier alpha value is -0.580. The van der Waals surface area contributed by atoms with Crippen LogP contribution in [0.2, 0.25) is 0 Å². The van der Waals surface area contributed by atoms with E-state index in [1.54, 1.807) is 6.26 Å². The molecule has 0 aromatic carbocycles. The van der Waals surface area contributed by atoms with E-state index in [2.05, 4.69) is 17.6 Å². The monoisotopic (exact) mass is 234 g/mol. The van der Waals surface area contributed by atoms with Crippen molar-refractivity contribution in [2.45, 2.75) is 39.2 Å². The number of urea groups is 1. The van der Waals surface area contributed by atoms with Crippen LogP contribution >= 0.6 is 0 Å². The summed E-state index contributed by atoms with van der Waals surface area (Å²) in [7, 11) is -0.779. The summed E-state index contributed by atoms with van der Waals surface area (Å²) in [4.78, 5) is 11.3. The number of carbonyl (C=O) groups excluding carboxylic acids is 1. The van der Waals surface area contributed by atoms with Crippen LogP contribution in [0.5, 0.6) is 0 Å². The zero-order valence-electron chi connectivity index (χ0n) is 9.84. The molecule has 0 fully saturated rings.